The molecule has 1 saturated carbocycles. The van der Waals surface area contributed by atoms with Gasteiger partial charge in [0.1, 0.15) is 34.9 Å². The molecule has 0 radical (unpaired) electrons. The van der Waals surface area contributed by atoms with Crippen LogP contribution in [0.25, 0.3) is 0 Å². The standard InChI is InChI=1S/C29H33F2N5O5S/c1-17(33-27(38)26-18(2)34-28(42-26)35-25(37)16-39-3)19-4-6-21(7-5-19)41-23-10-11-36(14-23)24-9-8-22(13-32-24)40-15-20-12-29(20,30)31/h4-9,13,17,20,23H,10-12,14-16H2,1-3H3,(H,33,38)(H,34,35,37)/t17-,20?,23?/m0/s1. The number of pyridine rings is 1. The fourth-order valence-corrected chi connectivity index (χ4v) is 5.53. The lowest BCUT2D eigenvalue weighted by Crippen LogP contribution is -2.26. The van der Waals surface area contributed by atoms with Crippen molar-refractivity contribution in [3.8, 4) is 11.5 Å². The number of carbonyl (C=O) groups excluding carboxylic acids is 2. The van der Waals surface area contributed by atoms with Crippen molar-refractivity contribution in [3.05, 3.63) is 58.7 Å². The summed E-state index contributed by atoms with van der Waals surface area (Å²) in [4.78, 5) is 35.9. The van der Waals surface area contributed by atoms with E-state index < -0.39 is 11.8 Å². The number of thiazole rings is 1. The summed E-state index contributed by atoms with van der Waals surface area (Å²) in [5.41, 5.74) is 1.45. The second kappa shape index (κ2) is 12.6. The number of methoxy groups -OCH3 is 1. The van der Waals surface area contributed by atoms with Crippen molar-refractivity contribution in [2.24, 2.45) is 5.92 Å². The maximum atomic E-state index is 13.0. The Morgan fingerprint density at radius 2 is 1.93 bits per heavy atom. The number of anilines is 2. The zero-order chi connectivity index (χ0) is 29.9. The van der Waals surface area contributed by atoms with Crippen molar-refractivity contribution in [2.45, 2.75) is 44.8 Å². The first-order valence-corrected chi connectivity index (χ1v) is 14.5. The first-order chi connectivity index (χ1) is 20.1. The average molecular weight is 602 g/mol. The first kappa shape index (κ1) is 29.6. The van der Waals surface area contributed by atoms with Gasteiger partial charge in [-0.15, -0.1) is 0 Å². The molecule has 13 heteroatoms. The monoisotopic (exact) mass is 601 g/mol. The minimum Gasteiger partial charge on any atom is -0.491 e. The Balaban J connectivity index is 1.08. The molecule has 5 rings (SSSR count). The molecule has 2 aromatic heterocycles. The highest BCUT2D eigenvalue weighted by molar-refractivity contribution is 7.17. The summed E-state index contributed by atoms with van der Waals surface area (Å²) in [6, 6.07) is 10.9. The molecule has 2 amide bonds. The third kappa shape index (κ3) is 7.32. The summed E-state index contributed by atoms with van der Waals surface area (Å²) in [5, 5.41) is 5.95. The Labute approximate surface area is 246 Å². The van der Waals surface area contributed by atoms with E-state index in [0.29, 0.717) is 28.0 Å². The van der Waals surface area contributed by atoms with E-state index in [1.807, 2.05) is 37.3 Å². The molecular weight excluding hydrogens is 568 g/mol. The highest BCUT2D eigenvalue weighted by atomic mass is 32.1. The number of nitrogens with zero attached hydrogens (tertiary/aromatic N) is 3. The molecule has 2 aliphatic rings. The van der Waals surface area contributed by atoms with E-state index in [-0.39, 0.29) is 43.6 Å². The van der Waals surface area contributed by atoms with Crippen LogP contribution in [0.1, 0.15) is 46.7 Å². The Bertz CT molecular complexity index is 1400. The molecule has 42 heavy (non-hydrogen) atoms. The quantitative estimate of drug-likeness (QED) is 0.309. The van der Waals surface area contributed by atoms with Crippen LogP contribution in [-0.2, 0) is 9.53 Å². The Hall–Kier alpha value is -3.84. The highest BCUT2D eigenvalue weighted by Gasteiger charge is 2.57. The fourth-order valence-electron chi connectivity index (χ4n) is 4.64. The first-order valence-electron chi connectivity index (χ1n) is 13.7. The number of alkyl halides is 2. The Kier molecular flexibility index (Phi) is 8.88. The molecule has 2 N–H and O–H groups in total. The zero-order valence-electron chi connectivity index (χ0n) is 23.6. The number of ether oxygens (including phenoxy) is 3. The molecule has 3 aromatic rings. The predicted molar refractivity (Wildman–Crippen MR) is 154 cm³/mol. The molecule has 1 aliphatic carbocycles. The van der Waals surface area contributed by atoms with E-state index in [2.05, 4.69) is 25.5 Å². The second-order valence-corrected chi connectivity index (χ2v) is 11.5. The summed E-state index contributed by atoms with van der Waals surface area (Å²) in [7, 11) is 1.43. The molecule has 0 spiro atoms. The van der Waals surface area contributed by atoms with Crippen LogP contribution >= 0.6 is 11.3 Å². The maximum Gasteiger partial charge on any atom is 0.263 e. The highest BCUT2D eigenvalue weighted by Crippen LogP contribution is 2.48. The van der Waals surface area contributed by atoms with Crippen LogP contribution in [0, 0.1) is 12.8 Å². The summed E-state index contributed by atoms with van der Waals surface area (Å²) >= 11 is 1.11. The van der Waals surface area contributed by atoms with E-state index in [1.165, 1.54) is 7.11 Å². The van der Waals surface area contributed by atoms with Crippen molar-refractivity contribution >= 4 is 34.1 Å². The molecule has 2 fully saturated rings. The van der Waals surface area contributed by atoms with E-state index in [1.54, 1.807) is 19.2 Å². The van der Waals surface area contributed by atoms with Crippen LogP contribution in [0.5, 0.6) is 11.5 Å². The summed E-state index contributed by atoms with van der Waals surface area (Å²) in [6.45, 7) is 4.97. The SMILES string of the molecule is COCC(=O)Nc1nc(C)c(C(=O)N[C@@H](C)c2ccc(OC3CCN(c4ccc(OCC5CC5(F)F)cn4)C3)cc2)s1. The number of hydrogen-bond donors (Lipinski definition) is 2. The van der Waals surface area contributed by atoms with Crippen molar-refractivity contribution in [2.75, 3.05) is 43.6 Å². The number of aryl methyl sites for hydroxylation is 1. The number of benzene rings is 1. The number of hydrogen-bond acceptors (Lipinski definition) is 9. The van der Waals surface area contributed by atoms with Crippen molar-refractivity contribution < 1.29 is 32.6 Å². The van der Waals surface area contributed by atoms with Gasteiger partial charge >= 0.3 is 0 Å². The van der Waals surface area contributed by atoms with Crippen LogP contribution in [0.4, 0.5) is 19.7 Å². The molecule has 224 valence electrons. The number of halogens is 2. The van der Waals surface area contributed by atoms with Crippen LogP contribution in [-0.4, -0.2) is 67.2 Å². The van der Waals surface area contributed by atoms with Crippen LogP contribution in [0.15, 0.2) is 42.6 Å². The Morgan fingerprint density at radius 1 is 1.19 bits per heavy atom. The molecule has 0 bridgehead atoms. The maximum absolute atomic E-state index is 13.0. The number of aromatic nitrogens is 2. The average Bonchev–Trinajstić information content (AvgIpc) is 3.24. The van der Waals surface area contributed by atoms with Crippen molar-refractivity contribution in [1.82, 2.24) is 15.3 Å². The number of amides is 2. The van der Waals surface area contributed by atoms with E-state index in [4.69, 9.17) is 14.2 Å². The summed E-state index contributed by atoms with van der Waals surface area (Å²) in [5.74, 6) is -1.90. The third-order valence-electron chi connectivity index (χ3n) is 7.15. The molecule has 1 aromatic carbocycles. The normalized spacial score (nSPS) is 19.7. The number of rotatable bonds is 12. The van der Waals surface area contributed by atoms with Gasteiger partial charge in [-0.2, -0.15) is 0 Å². The number of nitrogens with one attached hydrogen (secondary N) is 2. The lowest BCUT2D eigenvalue weighted by Gasteiger charge is -2.19. The molecule has 1 saturated heterocycles. The van der Waals surface area contributed by atoms with Crippen LogP contribution in [0.2, 0.25) is 0 Å². The largest absolute Gasteiger partial charge is 0.491 e. The van der Waals surface area contributed by atoms with Gasteiger partial charge in [-0.1, -0.05) is 23.5 Å². The van der Waals surface area contributed by atoms with E-state index >= 15 is 0 Å². The minimum absolute atomic E-state index is 0.000793. The van der Waals surface area contributed by atoms with Gasteiger partial charge in [0.05, 0.1) is 37.0 Å². The van der Waals surface area contributed by atoms with Gasteiger partial charge in [0.25, 0.3) is 17.7 Å². The summed E-state index contributed by atoms with van der Waals surface area (Å²) in [6.07, 6.45) is 2.26. The van der Waals surface area contributed by atoms with Gasteiger partial charge < -0.3 is 24.4 Å². The molecule has 10 nitrogen and oxygen atoms in total. The van der Waals surface area contributed by atoms with Crippen molar-refractivity contribution in [3.63, 3.8) is 0 Å². The van der Waals surface area contributed by atoms with Crippen molar-refractivity contribution in [1.29, 1.82) is 0 Å². The Morgan fingerprint density at radius 3 is 2.60 bits per heavy atom. The van der Waals surface area contributed by atoms with Gasteiger partial charge in [-0.3, -0.25) is 14.9 Å². The van der Waals surface area contributed by atoms with Gasteiger partial charge in [0, 0.05) is 26.5 Å². The second-order valence-electron chi connectivity index (χ2n) is 10.5. The summed E-state index contributed by atoms with van der Waals surface area (Å²) < 4.78 is 42.5. The van der Waals surface area contributed by atoms with E-state index in [0.717, 1.165) is 41.4 Å². The molecular formula is C29H33F2N5O5S. The topological polar surface area (TPSA) is 115 Å². The fraction of sp³-hybridized carbons (Fsp3) is 0.448. The third-order valence-corrected chi connectivity index (χ3v) is 8.22. The van der Waals surface area contributed by atoms with E-state index in [9.17, 15) is 18.4 Å². The van der Waals surface area contributed by atoms with Crippen LogP contribution < -0.4 is 25.0 Å². The van der Waals surface area contributed by atoms with Gasteiger partial charge in [-0.25, -0.2) is 18.7 Å². The molecule has 2 unspecified atom stereocenters. The molecule has 3 heterocycles. The van der Waals surface area contributed by atoms with Gasteiger partial charge in [0.15, 0.2) is 5.13 Å². The van der Waals surface area contributed by atoms with Crippen LogP contribution in [0.3, 0.4) is 0 Å². The van der Waals surface area contributed by atoms with Gasteiger partial charge in [-0.05, 0) is 43.7 Å². The van der Waals surface area contributed by atoms with Gasteiger partial charge in [0.2, 0.25) is 0 Å². The minimum atomic E-state index is -2.59. The molecule has 1 aliphatic heterocycles. The lowest BCUT2D eigenvalue weighted by atomic mass is 10.1. The number of carbonyl (C=O) groups is 2. The smallest absolute Gasteiger partial charge is 0.263 e. The predicted octanol–water partition coefficient (Wildman–Crippen LogP) is 4.61. The zero-order valence-corrected chi connectivity index (χ0v) is 24.4. The lowest BCUT2D eigenvalue weighted by molar-refractivity contribution is -0.119. The molecule has 3 atom stereocenters.